The number of likely N-dealkylation sites (N-methyl/N-ethyl adjacent to an activating group) is 1. The van der Waals surface area contributed by atoms with E-state index in [0.29, 0.717) is 13.1 Å². The summed E-state index contributed by atoms with van der Waals surface area (Å²) in [6, 6.07) is 14.1. The molecule has 2 N–H and O–H groups in total. The molecule has 2 amide bonds. The standard InChI is InChI=1S/C22H26N4O2S2/c1-3-26(14-20(27)23-13-18-10-7-11-29-18)21(28)15-30-22-24-16(2)19(25-22)12-17-8-5-4-6-9-17/h4-11H,3,12-15H2,1-2H3,(H,23,27)(H,24,25). The van der Waals surface area contributed by atoms with Gasteiger partial charge in [0.1, 0.15) is 0 Å². The van der Waals surface area contributed by atoms with Crippen LogP contribution in [0.15, 0.2) is 53.0 Å². The van der Waals surface area contributed by atoms with E-state index in [1.165, 1.54) is 17.3 Å². The molecule has 30 heavy (non-hydrogen) atoms. The number of aromatic nitrogens is 2. The molecule has 0 spiro atoms. The molecule has 0 bridgehead atoms. The highest BCUT2D eigenvalue weighted by Gasteiger charge is 2.17. The molecule has 0 unspecified atom stereocenters. The van der Waals surface area contributed by atoms with Crippen LogP contribution in [0.4, 0.5) is 0 Å². The van der Waals surface area contributed by atoms with Crippen molar-refractivity contribution in [2.75, 3.05) is 18.8 Å². The summed E-state index contributed by atoms with van der Waals surface area (Å²) >= 11 is 2.96. The van der Waals surface area contributed by atoms with Crippen molar-refractivity contribution in [2.24, 2.45) is 0 Å². The lowest BCUT2D eigenvalue weighted by Gasteiger charge is -2.19. The molecule has 2 aromatic heterocycles. The molecule has 3 aromatic rings. The molecule has 0 saturated heterocycles. The van der Waals surface area contributed by atoms with Crippen molar-refractivity contribution in [3.63, 3.8) is 0 Å². The van der Waals surface area contributed by atoms with Gasteiger partial charge in [0.05, 0.1) is 24.5 Å². The first-order valence-electron chi connectivity index (χ1n) is 9.84. The fourth-order valence-electron chi connectivity index (χ4n) is 2.92. The Morgan fingerprint density at radius 1 is 1.20 bits per heavy atom. The number of thioether (sulfide) groups is 1. The lowest BCUT2D eigenvalue weighted by Crippen LogP contribution is -2.41. The third-order valence-electron chi connectivity index (χ3n) is 4.62. The average molecular weight is 443 g/mol. The maximum atomic E-state index is 12.6. The third-order valence-corrected chi connectivity index (χ3v) is 6.35. The van der Waals surface area contributed by atoms with Crippen LogP contribution in [0.25, 0.3) is 0 Å². The second-order valence-electron chi connectivity index (χ2n) is 6.83. The Hall–Kier alpha value is -2.58. The molecule has 0 aliphatic heterocycles. The molecule has 6 nitrogen and oxygen atoms in total. The molecule has 3 rings (SSSR count). The molecular weight excluding hydrogens is 416 g/mol. The fourth-order valence-corrected chi connectivity index (χ4v) is 4.41. The summed E-state index contributed by atoms with van der Waals surface area (Å²) in [6.07, 6.45) is 0.753. The summed E-state index contributed by atoms with van der Waals surface area (Å²) < 4.78 is 0. The zero-order valence-electron chi connectivity index (χ0n) is 17.2. The van der Waals surface area contributed by atoms with Gasteiger partial charge in [-0.15, -0.1) is 11.3 Å². The number of carbonyl (C=O) groups is 2. The first-order valence-corrected chi connectivity index (χ1v) is 11.7. The Kier molecular flexibility index (Phi) is 8.10. The number of benzene rings is 1. The monoisotopic (exact) mass is 442 g/mol. The number of aromatic amines is 1. The molecular formula is C22H26N4O2S2. The second-order valence-corrected chi connectivity index (χ2v) is 8.83. The van der Waals surface area contributed by atoms with Crippen LogP contribution in [-0.4, -0.2) is 45.5 Å². The number of H-pyrrole nitrogens is 1. The van der Waals surface area contributed by atoms with E-state index < -0.39 is 0 Å². The van der Waals surface area contributed by atoms with Gasteiger partial charge in [0, 0.05) is 23.5 Å². The number of amides is 2. The number of nitrogens with one attached hydrogen (secondary N) is 2. The zero-order chi connectivity index (χ0) is 21.3. The number of hydrogen-bond acceptors (Lipinski definition) is 5. The van der Waals surface area contributed by atoms with Crippen LogP contribution in [0.3, 0.4) is 0 Å². The third kappa shape index (κ3) is 6.47. The van der Waals surface area contributed by atoms with Crippen LogP contribution in [0, 0.1) is 6.92 Å². The van der Waals surface area contributed by atoms with Crippen molar-refractivity contribution in [1.29, 1.82) is 0 Å². The van der Waals surface area contributed by atoms with Crippen molar-refractivity contribution in [3.05, 3.63) is 69.7 Å². The van der Waals surface area contributed by atoms with E-state index in [9.17, 15) is 9.59 Å². The Balaban J connectivity index is 1.48. The molecule has 0 aliphatic rings. The van der Waals surface area contributed by atoms with E-state index >= 15 is 0 Å². The van der Waals surface area contributed by atoms with Crippen LogP contribution >= 0.6 is 23.1 Å². The lowest BCUT2D eigenvalue weighted by atomic mass is 10.1. The number of aryl methyl sites for hydroxylation is 1. The zero-order valence-corrected chi connectivity index (χ0v) is 18.8. The maximum Gasteiger partial charge on any atom is 0.239 e. The van der Waals surface area contributed by atoms with Gasteiger partial charge in [0.15, 0.2) is 5.16 Å². The van der Waals surface area contributed by atoms with Gasteiger partial charge in [0.2, 0.25) is 11.8 Å². The molecule has 0 atom stereocenters. The van der Waals surface area contributed by atoms with Gasteiger partial charge in [-0.05, 0) is 30.9 Å². The van der Waals surface area contributed by atoms with E-state index in [4.69, 9.17) is 0 Å². The van der Waals surface area contributed by atoms with Crippen LogP contribution < -0.4 is 5.32 Å². The van der Waals surface area contributed by atoms with Gasteiger partial charge in [-0.2, -0.15) is 0 Å². The molecule has 0 fully saturated rings. The quantitative estimate of drug-likeness (QED) is 0.470. The van der Waals surface area contributed by atoms with Crippen molar-refractivity contribution >= 4 is 34.9 Å². The minimum Gasteiger partial charge on any atom is -0.350 e. The predicted octanol–water partition coefficient (Wildman–Crippen LogP) is 3.63. The number of thiophene rings is 1. The Bertz CT molecular complexity index is 955. The largest absolute Gasteiger partial charge is 0.350 e. The van der Waals surface area contributed by atoms with Gasteiger partial charge in [0.25, 0.3) is 0 Å². The normalized spacial score (nSPS) is 10.7. The summed E-state index contributed by atoms with van der Waals surface area (Å²) in [6.45, 7) is 4.92. The van der Waals surface area contributed by atoms with Crippen LogP contribution in [-0.2, 0) is 22.6 Å². The van der Waals surface area contributed by atoms with Gasteiger partial charge in [-0.1, -0.05) is 48.2 Å². The molecule has 2 heterocycles. The van der Waals surface area contributed by atoms with Gasteiger partial charge >= 0.3 is 0 Å². The number of rotatable bonds is 10. The maximum absolute atomic E-state index is 12.6. The summed E-state index contributed by atoms with van der Waals surface area (Å²) in [5.41, 5.74) is 3.19. The molecule has 0 radical (unpaired) electrons. The Morgan fingerprint density at radius 3 is 2.70 bits per heavy atom. The van der Waals surface area contributed by atoms with E-state index in [2.05, 4.69) is 27.4 Å². The smallest absolute Gasteiger partial charge is 0.239 e. The summed E-state index contributed by atoms with van der Waals surface area (Å²) in [5, 5.41) is 5.57. The number of carbonyl (C=O) groups excluding carboxylic acids is 2. The van der Waals surface area contributed by atoms with Gasteiger partial charge in [-0.3, -0.25) is 9.59 Å². The van der Waals surface area contributed by atoms with E-state index in [1.807, 2.05) is 49.6 Å². The topological polar surface area (TPSA) is 78.1 Å². The highest BCUT2D eigenvalue weighted by molar-refractivity contribution is 7.99. The Labute approximate surface area is 185 Å². The number of nitrogens with zero attached hydrogens (tertiary/aromatic N) is 2. The van der Waals surface area contributed by atoms with Crippen molar-refractivity contribution in [2.45, 2.75) is 32.0 Å². The summed E-state index contributed by atoms with van der Waals surface area (Å²) in [7, 11) is 0. The second kappa shape index (κ2) is 11.0. The first kappa shape index (κ1) is 22.1. The minimum absolute atomic E-state index is 0.0672. The molecule has 8 heteroatoms. The van der Waals surface area contributed by atoms with Crippen molar-refractivity contribution in [3.8, 4) is 0 Å². The van der Waals surface area contributed by atoms with Crippen molar-refractivity contribution < 1.29 is 9.59 Å². The Morgan fingerprint density at radius 2 is 2.00 bits per heavy atom. The molecule has 0 aliphatic carbocycles. The lowest BCUT2D eigenvalue weighted by molar-refractivity contribution is -0.133. The van der Waals surface area contributed by atoms with E-state index in [-0.39, 0.29) is 24.1 Å². The summed E-state index contributed by atoms with van der Waals surface area (Å²) in [4.78, 5) is 35.3. The van der Waals surface area contributed by atoms with Gasteiger partial charge < -0.3 is 15.2 Å². The number of hydrogen-bond donors (Lipinski definition) is 2. The SMILES string of the molecule is CCN(CC(=O)NCc1cccs1)C(=O)CSc1nc(Cc2ccccc2)c(C)[nH]1. The van der Waals surface area contributed by atoms with E-state index in [1.54, 1.807) is 16.2 Å². The highest BCUT2D eigenvalue weighted by atomic mass is 32.2. The molecule has 158 valence electrons. The molecule has 1 aromatic carbocycles. The van der Waals surface area contributed by atoms with Crippen molar-refractivity contribution in [1.82, 2.24) is 20.2 Å². The average Bonchev–Trinajstić information content (AvgIpc) is 3.39. The van der Waals surface area contributed by atoms with Crippen LogP contribution in [0.1, 0.15) is 28.8 Å². The van der Waals surface area contributed by atoms with Crippen LogP contribution in [0.5, 0.6) is 0 Å². The summed E-state index contributed by atoms with van der Waals surface area (Å²) in [5.74, 6) is 0.0130. The first-order chi connectivity index (χ1) is 14.5. The van der Waals surface area contributed by atoms with Gasteiger partial charge in [-0.25, -0.2) is 4.98 Å². The molecule has 0 saturated carbocycles. The highest BCUT2D eigenvalue weighted by Crippen LogP contribution is 2.19. The minimum atomic E-state index is -0.150. The number of imidazole rings is 1. The van der Waals surface area contributed by atoms with Crippen LogP contribution in [0.2, 0.25) is 0 Å². The predicted molar refractivity (Wildman–Crippen MR) is 122 cm³/mol. The fraction of sp³-hybridized carbons (Fsp3) is 0.318. The van der Waals surface area contributed by atoms with E-state index in [0.717, 1.165) is 27.8 Å².